The molecule has 2 heterocycles. The second kappa shape index (κ2) is 5.07. The molecular formula is C14H18FN5O. The molecule has 1 aromatic heterocycles. The second-order valence-electron chi connectivity index (χ2n) is 5.94. The first-order valence-electron chi connectivity index (χ1n) is 6.93. The number of rotatable bonds is 2. The van der Waals surface area contributed by atoms with Gasteiger partial charge in [0.05, 0.1) is 17.2 Å². The van der Waals surface area contributed by atoms with E-state index in [1.54, 1.807) is 10.7 Å². The number of benzene rings is 1. The molecule has 0 radical (unpaired) electrons. The molecule has 1 aliphatic heterocycles. The molecule has 1 aliphatic rings. The number of nitrogen functional groups attached to an aromatic ring is 1. The first kappa shape index (κ1) is 13.9. The van der Waals surface area contributed by atoms with E-state index in [-0.39, 0.29) is 17.5 Å². The number of hydrogen-bond acceptors (Lipinski definition) is 5. The van der Waals surface area contributed by atoms with Gasteiger partial charge in [-0.25, -0.2) is 9.07 Å². The summed E-state index contributed by atoms with van der Waals surface area (Å²) < 4.78 is 21.4. The van der Waals surface area contributed by atoms with Gasteiger partial charge in [-0.05, 0) is 55.3 Å². The van der Waals surface area contributed by atoms with Crippen LogP contribution >= 0.6 is 0 Å². The van der Waals surface area contributed by atoms with E-state index in [1.165, 1.54) is 12.1 Å². The van der Waals surface area contributed by atoms with Gasteiger partial charge >= 0.3 is 0 Å². The Kier molecular flexibility index (Phi) is 3.36. The maximum atomic E-state index is 14.0. The van der Waals surface area contributed by atoms with Crippen LogP contribution in [0.4, 0.5) is 10.1 Å². The van der Waals surface area contributed by atoms with Crippen LogP contribution in [0.15, 0.2) is 18.2 Å². The molecule has 1 saturated heterocycles. The minimum absolute atomic E-state index is 0.0829. The molecule has 1 unspecified atom stereocenters. The quantitative estimate of drug-likeness (QED) is 0.858. The number of tetrazole rings is 1. The van der Waals surface area contributed by atoms with Gasteiger partial charge in [0.2, 0.25) is 0 Å². The van der Waals surface area contributed by atoms with E-state index < -0.39 is 0 Å². The van der Waals surface area contributed by atoms with Crippen LogP contribution < -0.4 is 5.73 Å². The third kappa shape index (κ3) is 2.73. The molecule has 2 N–H and O–H groups in total. The molecule has 7 heteroatoms. The van der Waals surface area contributed by atoms with Crippen molar-refractivity contribution >= 4 is 5.69 Å². The van der Waals surface area contributed by atoms with Crippen molar-refractivity contribution in [2.24, 2.45) is 0 Å². The van der Waals surface area contributed by atoms with Crippen LogP contribution in [0.1, 0.15) is 32.7 Å². The number of nitrogens with two attached hydrogens (primary N) is 1. The topological polar surface area (TPSA) is 78.9 Å². The monoisotopic (exact) mass is 291 g/mol. The van der Waals surface area contributed by atoms with Gasteiger partial charge in [0, 0.05) is 12.3 Å². The zero-order chi connectivity index (χ0) is 15.0. The summed E-state index contributed by atoms with van der Waals surface area (Å²) in [4.78, 5) is 0. The van der Waals surface area contributed by atoms with Crippen LogP contribution in [0.25, 0.3) is 11.4 Å². The molecule has 0 amide bonds. The summed E-state index contributed by atoms with van der Waals surface area (Å²) in [7, 11) is 0. The number of ether oxygens (including phenoxy) is 1. The third-order valence-corrected chi connectivity index (χ3v) is 3.74. The number of aromatic nitrogens is 4. The van der Waals surface area contributed by atoms with E-state index in [4.69, 9.17) is 10.5 Å². The first-order valence-corrected chi connectivity index (χ1v) is 6.93. The molecule has 0 saturated carbocycles. The van der Waals surface area contributed by atoms with Gasteiger partial charge in [-0.3, -0.25) is 0 Å². The molecule has 2 aromatic rings. The SMILES string of the molecule is CC1(C)CC(n2nnnc2-c2cc(N)ccc2F)CCO1. The van der Waals surface area contributed by atoms with Gasteiger partial charge in [0.1, 0.15) is 5.82 Å². The lowest BCUT2D eigenvalue weighted by Gasteiger charge is -2.35. The van der Waals surface area contributed by atoms with Crippen molar-refractivity contribution in [2.45, 2.75) is 38.3 Å². The minimum Gasteiger partial charge on any atom is -0.399 e. The fourth-order valence-electron chi connectivity index (χ4n) is 2.74. The van der Waals surface area contributed by atoms with Crippen LogP contribution in [0.2, 0.25) is 0 Å². The highest BCUT2D eigenvalue weighted by Gasteiger charge is 2.32. The maximum absolute atomic E-state index is 14.0. The fourth-order valence-corrected chi connectivity index (χ4v) is 2.74. The zero-order valence-electron chi connectivity index (χ0n) is 12.1. The summed E-state index contributed by atoms with van der Waals surface area (Å²) >= 11 is 0. The lowest BCUT2D eigenvalue weighted by molar-refractivity contribution is -0.0707. The van der Waals surface area contributed by atoms with Crippen molar-refractivity contribution in [2.75, 3.05) is 12.3 Å². The van der Waals surface area contributed by atoms with Crippen LogP contribution in [0, 0.1) is 5.82 Å². The Bertz CT molecular complexity index is 655. The van der Waals surface area contributed by atoms with Gasteiger partial charge in [0.15, 0.2) is 5.82 Å². The molecule has 3 rings (SSSR count). The van der Waals surface area contributed by atoms with Gasteiger partial charge in [-0.2, -0.15) is 0 Å². The highest BCUT2D eigenvalue weighted by molar-refractivity contribution is 5.61. The maximum Gasteiger partial charge on any atom is 0.185 e. The number of nitrogens with zero attached hydrogens (tertiary/aromatic N) is 4. The molecule has 1 fully saturated rings. The highest BCUT2D eigenvalue weighted by atomic mass is 19.1. The van der Waals surface area contributed by atoms with Gasteiger partial charge < -0.3 is 10.5 Å². The number of halogens is 1. The van der Waals surface area contributed by atoms with E-state index in [2.05, 4.69) is 15.5 Å². The van der Waals surface area contributed by atoms with Gasteiger partial charge in [-0.15, -0.1) is 5.10 Å². The van der Waals surface area contributed by atoms with E-state index in [0.717, 1.165) is 12.8 Å². The Morgan fingerprint density at radius 3 is 3.00 bits per heavy atom. The number of hydrogen-bond donors (Lipinski definition) is 1. The first-order chi connectivity index (χ1) is 9.96. The summed E-state index contributed by atoms with van der Waals surface area (Å²) in [5.41, 5.74) is 6.31. The van der Waals surface area contributed by atoms with Crippen molar-refractivity contribution in [3.05, 3.63) is 24.0 Å². The van der Waals surface area contributed by atoms with Crippen molar-refractivity contribution < 1.29 is 9.13 Å². The predicted octanol–water partition coefficient (Wildman–Crippen LogP) is 2.19. The Balaban J connectivity index is 1.99. The fraction of sp³-hybridized carbons (Fsp3) is 0.500. The molecule has 6 nitrogen and oxygen atoms in total. The number of anilines is 1. The highest BCUT2D eigenvalue weighted by Crippen LogP contribution is 2.34. The zero-order valence-corrected chi connectivity index (χ0v) is 12.1. The normalized spacial score (nSPS) is 21.4. The smallest absolute Gasteiger partial charge is 0.185 e. The Labute approximate surface area is 122 Å². The standard InChI is InChI=1S/C14H18FN5O/c1-14(2)8-10(5-6-21-14)20-13(17-18-19-20)11-7-9(16)3-4-12(11)15/h3-4,7,10H,5-6,8,16H2,1-2H3. The van der Waals surface area contributed by atoms with Crippen LogP contribution in [0.3, 0.4) is 0 Å². The van der Waals surface area contributed by atoms with Gasteiger partial charge in [0.25, 0.3) is 0 Å². The van der Waals surface area contributed by atoms with E-state index in [0.29, 0.717) is 23.7 Å². The average Bonchev–Trinajstić information content (AvgIpc) is 2.89. The average molecular weight is 291 g/mol. The molecule has 0 spiro atoms. The Morgan fingerprint density at radius 2 is 2.24 bits per heavy atom. The lowest BCUT2D eigenvalue weighted by Crippen LogP contribution is -2.35. The molecular weight excluding hydrogens is 273 g/mol. The second-order valence-corrected chi connectivity index (χ2v) is 5.94. The van der Waals surface area contributed by atoms with Crippen molar-refractivity contribution in [1.82, 2.24) is 20.2 Å². The lowest BCUT2D eigenvalue weighted by atomic mass is 9.94. The molecule has 1 atom stereocenters. The Hall–Kier alpha value is -2.02. The summed E-state index contributed by atoms with van der Waals surface area (Å²) in [5.74, 6) is 0.0223. The van der Waals surface area contributed by atoms with Crippen molar-refractivity contribution in [3.63, 3.8) is 0 Å². The van der Waals surface area contributed by atoms with Crippen LogP contribution in [-0.4, -0.2) is 32.4 Å². The minimum atomic E-state index is -0.383. The molecule has 112 valence electrons. The third-order valence-electron chi connectivity index (χ3n) is 3.74. The largest absolute Gasteiger partial charge is 0.399 e. The summed E-state index contributed by atoms with van der Waals surface area (Å²) in [6, 6.07) is 4.49. The predicted molar refractivity (Wildman–Crippen MR) is 75.9 cm³/mol. The summed E-state index contributed by atoms with van der Waals surface area (Å²) in [5, 5.41) is 11.7. The van der Waals surface area contributed by atoms with Crippen molar-refractivity contribution in [3.8, 4) is 11.4 Å². The molecule has 0 bridgehead atoms. The van der Waals surface area contributed by atoms with Gasteiger partial charge in [-0.1, -0.05) is 0 Å². The molecule has 1 aromatic carbocycles. The van der Waals surface area contributed by atoms with E-state index in [9.17, 15) is 4.39 Å². The molecule has 21 heavy (non-hydrogen) atoms. The van der Waals surface area contributed by atoms with Crippen LogP contribution in [0.5, 0.6) is 0 Å². The van der Waals surface area contributed by atoms with Crippen LogP contribution in [-0.2, 0) is 4.74 Å². The van der Waals surface area contributed by atoms with E-state index in [1.807, 2.05) is 13.8 Å². The molecule has 0 aliphatic carbocycles. The van der Waals surface area contributed by atoms with Crippen molar-refractivity contribution in [1.29, 1.82) is 0 Å². The summed E-state index contributed by atoms with van der Waals surface area (Å²) in [6.45, 7) is 4.70. The van der Waals surface area contributed by atoms with E-state index >= 15 is 0 Å². The summed E-state index contributed by atoms with van der Waals surface area (Å²) in [6.07, 6.45) is 1.57. The Morgan fingerprint density at radius 1 is 1.43 bits per heavy atom.